The Morgan fingerprint density at radius 2 is 2.15 bits per heavy atom. The van der Waals surface area contributed by atoms with Gasteiger partial charge in [-0.05, 0) is 25.2 Å². The van der Waals surface area contributed by atoms with Crippen LogP contribution in [0.2, 0.25) is 0 Å². The first kappa shape index (κ1) is 14.8. The van der Waals surface area contributed by atoms with Crippen molar-refractivity contribution in [3.63, 3.8) is 0 Å². The summed E-state index contributed by atoms with van der Waals surface area (Å²) in [7, 11) is 0. The van der Waals surface area contributed by atoms with E-state index in [1.165, 1.54) is 0 Å². The van der Waals surface area contributed by atoms with Crippen molar-refractivity contribution < 1.29 is 14.4 Å². The van der Waals surface area contributed by atoms with Gasteiger partial charge in [0.15, 0.2) is 0 Å². The molecule has 0 radical (unpaired) electrons. The Balaban J connectivity index is 2.05. The van der Waals surface area contributed by atoms with Gasteiger partial charge in [0.1, 0.15) is 5.54 Å². The summed E-state index contributed by atoms with van der Waals surface area (Å²) in [6, 6.07) is -1.04. The fourth-order valence-electron chi connectivity index (χ4n) is 2.90. The second kappa shape index (κ2) is 5.40. The van der Waals surface area contributed by atoms with Gasteiger partial charge < -0.3 is 16.0 Å². The number of nitrogens with two attached hydrogens (primary N) is 1. The Kier molecular flexibility index (Phi) is 3.99. The Morgan fingerprint density at radius 3 is 2.70 bits per heavy atom. The number of urea groups is 1. The van der Waals surface area contributed by atoms with E-state index in [1.54, 1.807) is 4.90 Å². The fraction of sp³-hybridized carbons (Fsp3) is 0.769. The predicted octanol–water partition coefficient (Wildman–Crippen LogP) is -0.440. The van der Waals surface area contributed by atoms with Crippen LogP contribution < -0.4 is 16.4 Å². The summed E-state index contributed by atoms with van der Waals surface area (Å²) >= 11 is 0. The van der Waals surface area contributed by atoms with E-state index in [4.69, 9.17) is 5.73 Å². The Bertz CT molecular complexity index is 437. The zero-order valence-electron chi connectivity index (χ0n) is 11.9. The van der Waals surface area contributed by atoms with Crippen LogP contribution in [0.5, 0.6) is 0 Å². The van der Waals surface area contributed by atoms with Crippen molar-refractivity contribution in [3.8, 4) is 0 Å². The molecule has 2 aliphatic rings. The van der Waals surface area contributed by atoms with Gasteiger partial charge in [0, 0.05) is 6.54 Å². The maximum absolute atomic E-state index is 12.3. The van der Waals surface area contributed by atoms with Crippen molar-refractivity contribution >= 4 is 17.8 Å². The summed E-state index contributed by atoms with van der Waals surface area (Å²) in [4.78, 5) is 37.1. The first-order chi connectivity index (χ1) is 9.34. The Labute approximate surface area is 118 Å². The molecule has 112 valence electrons. The summed E-state index contributed by atoms with van der Waals surface area (Å²) in [5.74, 6) is -0.161. The van der Waals surface area contributed by atoms with Crippen LogP contribution >= 0.6 is 0 Å². The first-order valence-corrected chi connectivity index (χ1v) is 7.02. The van der Waals surface area contributed by atoms with Crippen LogP contribution in [-0.4, -0.2) is 47.4 Å². The zero-order valence-corrected chi connectivity index (χ0v) is 11.9. The second-order valence-corrected chi connectivity index (χ2v) is 6.09. The standard InChI is InChI=1S/C13H22N4O3/c1-8(2)6-9(14)10(18)17-5-3-4-13(7-17)11(19)15-12(20)16-13/h8-9H,3-7,14H2,1-2H3,(H2,15,16,19,20)/t9-,13?/m0/s1. The molecule has 2 heterocycles. The molecule has 2 atom stereocenters. The van der Waals surface area contributed by atoms with Gasteiger partial charge in [0.2, 0.25) is 5.91 Å². The molecule has 4 N–H and O–H groups in total. The molecule has 7 nitrogen and oxygen atoms in total. The van der Waals surface area contributed by atoms with Gasteiger partial charge in [-0.1, -0.05) is 13.8 Å². The molecule has 0 aromatic carbocycles. The lowest BCUT2D eigenvalue weighted by Gasteiger charge is -2.39. The van der Waals surface area contributed by atoms with Crippen molar-refractivity contribution in [2.75, 3.05) is 13.1 Å². The number of nitrogens with zero attached hydrogens (tertiary/aromatic N) is 1. The fourth-order valence-corrected chi connectivity index (χ4v) is 2.90. The third-order valence-corrected chi connectivity index (χ3v) is 3.86. The van der Waals surface area contributed by atoms with Gasteiger partial charge in [0.25, 0.3) is 5.91 Å². The summed E-state index contributed by atoms with van der Waals surface area (Å²) in [6.45, 7) is 4.80. The highest BCUT2D eigenvalue weighted by Crippen LogP contribution is 2.25. The quantitative estimate of drug-likeness (QED) is 0.610. The second-order valence-electron chi connectivity index (χ2n) is 6.09. The maximum atomic E-state index is 12.3. The number of rotatable bonds is 3. The molecular weight excluding hydrogens is 260 g/mol. The minimum atomic E-state index is -0.970. The Morgan fingerprint density at radius 1 is 1.45 bits per heavy atom. The lowest BCUT2D eigenvalue weighted by atomic mass is 9.88. The molecule has 4 amide bonds. The topological polar surface area (TPSA) is 105 Å². The number of piperidine rings is 1. The monoisotopic (exact) mass is 282 g/mol. The van der Waals surface area contributed by atoms with E-state index in [-0.39, 0.29) is 18.4 Å². The highest BCUT2D eigenvalue weighted by molar-refractivity contribution is 6.07. The van der Waals surface area contributed by atoms with Gasteiger partial charge in [-0.25, -0.2) is 4.79 Å². The molecule has 2 rings (SSSR count). The molecule has 2 aliphatic heterocycles. The maximum Gasteiger partial charge on any atom is 0.322 e. The Hall–Kier alpha value is -1.63. The molecule has 1 unspecified atom stereocenters. The summed E-state index contributed by atoms with van der Waals surface area (Å²) < 4.78 is 0. The van der Waals surface area contributed by atoms with Crippen molar-refractivity contribution in [3.05, 3.63) is 0 Å². The molecule has 0 saturated carbocycles. The number of nitrogens with one attached hydrogen (secondary N) is 2. The zero-order chi connectivity index (χ0) is 14.9. The van der Waals surface area contributed by atoms with Gasteiger partial charge in [-0.15, -0.1) is 0 Å². The molecule has 1 spiro atoms. The van der Waals surface area contributed by atoms with Crippen molar-refractivity contribution in [1.82, 2.24) is 15.5 Å². The van der Waals surface area contributed by atoms with Gasteiger partial charge in [-0.3, -0.25) is 14.9 Å². The number of carbonyl (C=O) groups excluding carboxylic acids is 3. The third kappa shape index (κ3) is 2.77. The number of carbonyl (C=O) groups is 3. The molecule has 2 saturated heterocycles. The van der Waals surface area contributed by atoms with E-state index < -0.39 is 17.6 Å². The minimum absolute atomic E-state index is 0.147. The summed E-state index contributed by atoms with van der Waals surface area (Å²) in [5, 5.41) is 4.89. The van der Waals surface area contributed by atoms with Crippen molar-refractivity contribution in [1.29, 1.82) is 0 Å². The van der Waals surface area contributed by atoms with Crippen LogP contribution in [0.15, 0.2) is 0 Å². The number of amides is 4. The van der Waals surface area contributed by atoms with E-state index in [2.05, 4.69) is 10.6 Å². The molecule has 0 aliphatic carbocycles. The van der Waals surface area contributed by atoms with Gasteiger partial charge >= 0.3 is 6.03 Å². The van der Waals surface area contributed by atoms with Crippen molar-refractivity contribution in [2.45, 2.75) is 44.7 Å². The van der Waals surface area contributed by atoms with Crippen LogP contribution in [0, 0.1) is 5.92 Å². The SMILES string of the molecule is CC(C)C[C@H](N)C(=O)N1CCCC2(C1)NC(=O)NC2=O. The highest BCUT2D eigenvalue weighted by atomic mass is 16.2. The molecule has 2 fully saturated rings. The van der Waals surface area contributed by atoms with E-state index in [0.29, 0.717) is 31.7 Å². The molecular formula is C13H22N4O3. The van der Waals surface area contributed by atoms with E-state index in [1.807, 2.05) is 13.8 Å². The van der Waals surface area contributed by atoms with Crippen LogP contribution in [0.4, 0.5) is 4.79 Å². The summed E-state index contributed by atoms with van der Waals surface area (Å²) in [6.07, 6.45) is 1.84. The predicted molar refractivity (Wildman–Crippen MR) is 72.6 cm³/mol. The minimum Gasteiger partial charge on any atom is -0.338 e. The van der Waals surface area contributed by atoms with Crippen LogP contribution in [0.1, 0.15) is 33.1 Å². The number of hydrogen-bond donors (Lipinski definition) is 3. The molecule has 7 heteroatoms. The van der Waals surface area contributed by atoms with Gasteiger partial charge in [-0.2, -0.15) is 0 Å². The van der Waals surface area contributed by atoms with Crippen LogP contribution in [-0.2, 0) is 9.59 Å². The van der Waals surface area contributed by atoms with E-state index in [9.17, 15) is 14.4 Å². The average molecular weight is 282 g/mol. The number of likely N-dealkylation sites (tertiary alicyclic amines) is 1. The van der Waals surface area contributed by atoms with Crippen LogP contribution in [0.3, 0.4) is 0 Å². The summed E-state index contributed by atoms with van der Waals surface area (Å²) in [5.41, 5.74) is 4.95. The average Bonchev–Trinajstić information content (AvgIpc) is 2.62. The van der Waals surface area contributed by atoms with Gasteiger partial charge in [0.05, 0.1) is 12.6 Å². The normalized spacial score (nSPS) is 27.7. The highest BCUT2D eigenvalue weighted by Gasteiger charge is 2.49. The molecule has 0 aromatic heterocycles. The van der Waals surface area contributed by atoms with E-state index in [0.717, 1.165) is 0 Å². The van der Waals surface area contributed by atoms with E-state index >= 15 is 0 Å². The number of imide groups is 1. The smallest absolute Gasteiger partial charge is 0.322 e. The largest absolute Gasteiger partial charge is 0.338 e. The van der Waals surface area contributed by atoms with Crippen molar-refractivity contribution in [2.24, 2.45) is 11.7 Å². The lowest BCUT2D eigenvalue weighted by molar-refractivity contribution is -0.137. The molecule has 0 aromatic rings. The molecule has 20 heavy (non-hydrogen) atoms. The number of hydrogen-bond acceptors (Lipinski definition) is 4. The lowest BCUT2D eigenvalue weighted by Crippen LogP contribution is -2.61. The molecule has 0 bridgehead atoms. The first-order valence-electron chi connectivity index (χ1n) is 7.02. The van der Waals surface area contributed by atoms with Crippen LogP contribution in [0.25, 0.3) is 0 Å². The third-order valence-electron chi connectivity index (χ3n) is 3.86.